The molecule has 2 rings (SSSR count). The molecule has 1 heterocycles. The molecule has 0 saturated carbocycles. The molecule has 0 bridgehead atoms. The van der Waals surface area contributed by atoms with Crippen molar-refractivity contribution < 1.29 is 4.79 Å². The van der Waals surface area contributed by atoms with E-state index < -0.39 is 0 Å². The number of likely N-dealkylation sites (tertiary alicyclic amines) is 1. The van der Waals surface area contributed by atoms with E-state index in [9.17, 15) is 4.79 Å². The highest BCUT2D eigenvalue weighted by atomic mass is 35.5. The lowest BCUT2D eigenvalue weighted by Gasteiger charge is -2.29. The minimum atomic E-state index is -0.0893. The molecule has 0 spiro atoms. The van der Waals surface area contributed by atoms with Gasteiger partial charge < -0.3 is 4.90 Å². The second-order valence-corrected chi connectivity index (χ2v) is 5.16. The van der Waals surface area contributed by atoms with Crippen LogP contribution in [0.3, 0.4) is 0 Å². The molecule has 1 aromatic carbocycles. The summed E-state index contributed by atoms with van der Waals surface area (Å²) in [6.45, 7) is 1.19. The molecule has 3 nitrogen and oxygen atoms in total. The molecule has 0 N–H and O–H groups in total. The Balaban J connectivity index is 2.15. The Kier molecular flexibility index (Phi) is 4.11. The first-order chi connectivity index (χ1) is 8.61. The lowest BCUT2D eigenvalue weighted by molar-refractivity contribution is 0.0699. The van der Waals surface area contributed by atoms with Crippen LogP contribution in [0.15, 0.2) is 18.2 Å². The molecule has 1 aliphatic rings. The van der Waals surface area contributed by atoms with Gasteiger partial charge in [-0.15, -0.1) is 0 Å². The SMILES string of the molecule is N#CC1CCCN(C(=O)c2ccc(Cl)c(Cl)c2)C1. The molecular weight excluding hydrogens is 271 g/mol. The third-order valence-electron chi connectivity index (χ3n) is 3.06. The number of carbonyl (C=O) groups is 1. The Labute approximate surface area is 116 Å². The van der Waals surface area contributed by atoms with E-state index in [1.165, 1.54) is 0 Å². The second kappa shape index (κ2) is 5.60. The summed E-state index contributed by atoms with van der Waals surface area (Å²) in [4.78, 5) is 13.9. The molecule has 1 atom stereocenters. The summed E-state index contributed by atoms with van der Waals surface area (Å²) in [5.74, 6) is -0.154. The minimum Gasteiger partial charge on any atom is -0.337 e. The zero-order valence-corrected chi connectivity index (χ0v) is 11.2. The van der Waals surface area contributed by atoms with Gasteiger partial charge in [0.25, 0.3) is 5.91 Å². The number of halogens is 2. The van der Waals surface area contributed by atoms with Gasteiger partial charge in [-0.1, -0.05) is 23.2 Å². The van der Waals surface area contributed by atoms with E-state index in [1.54, 1.807) is 23.1 Å². The molecular formula is C13H12Cl2N2O. The van der Waals surface area contributed by atoms with Gasteiger partial charge in [-0.05, 0) is 31.0 Å². The molecule has 1 amide bonds. The average Bonchev–Trinajstić information content (AvgIpc) is 2.41. The van der Waals surface area contributed by atoms with Crippen LogP contribution in [0.5, 0.6) is 0 Å². The van der Waals surface area contributed by atoms with Crippen molar-refractivity contribution in [2.24, 2.45) is 5.92 Å². The van der Waals surface area contributed by atoms with Crippen LogP contribution in [-0.2, 0) is 0 Å². The maximum atomic E-state index is 12.2. The molecule has 1 fully saturated rings. The molecule has 1 aliphatic heterocycles. The van der Waals surface area contributed by atoms with Crippen LogP contribution in [-0.4, -0.2) is 23.9 Å². The summed E-state index contributed by atoms with van der Waals surface area (Å²) in [5, 5.41) is 9.72. The van der Waals surface area contributed by atoms with E-state index in [2.05, 4.69) is 6.07 Å². The number of nitriles is 1. The fourth-order valence-electron chi connectivity index (χ4n) is 2.08. The summed E-state index contributed by atoms with van der Waals surface area (Å²) in [6, 6.07) is 7.06. The van der Waals surface area contributed by atoms with Crippen molar-refractivity contribution in [3.8, 4) is 6.07 Å². The number of piperidine rings is 1. The summed E-state index contributed by atoms with van der Waals surface area (Å²) < 4.78 is 0. The van der Waals surface area contributed by atoms with Crippen molar-refractivity contribution in [1.29, 1.82) is 5.26 Å². The molecule has 1 unspecified atom stereocenters. The van der Waals surface area contributed by atoms with Gasteiger partial charge >= 0.3 is 0 Å². The first-order valence-corrected chi connectivity index (χ1v) is 6.51. The topological polar surface area (TPSA) is 44.1 Å². The van der Waals surface area contributed by atoms with Crippen LogP contribution >= 0.6 is 23.2 Å². The van der Waals surface area contributed by atoms with Crippen LogP contribution in [0, 0.1) is 17.2 Å². The van der Waals surface area contributed by atoms with E-state index in [4.69, 9.17) is 28.5 Å². The van der Waals surface area contributed by atoms with Crippen molar-refractivity contribution in [3.63, 3.8) is 0 Å². The van der Waals surface area contributed by atoms with Gasteiger partial charge in [-0.2, -0.15) is 5.26 Å². The number of nitrogens with zero attached hydrogens (tertiary/aromatic N) is 2. The Morgan fingerprint density at radius 2 is 2.17 bits per heavy atom. The van der Waals surface area contributed by atoms with Gasteiger partial charge in [0.05, 0.1) is 22.0 Å². The van der Waals surface area contributed by atoms with Crippen LogP contribution in [0.4, 0.5) is 0 Å². The number of hydrogen-bond acceptors (Lipinski definition) is 2. The highest BCUT2D eigenvalue weighted by Gasteiger charge is 2.24. The Morgan fingerprint density at radius 1 is 1.39 bits per heavy atom. The first-order valence-electron chi connectivity index (χ1n) is 5.75. The van der Waals surface area contributed by atoms with Gasteiger partial charge in [0.1, 0.15) is 0 Å². The number of carbonyl (C=O) groups excluding carboxylic acids is 1. The summed E-state index contributed by atoms with van der Waals surface area (Å²) in [5.41, 5.74) is 0.517. The maximum Gasteiger partial charge on any atom is 0.253 e. The van der Waals surface area contributed by atoms with Gasteiger partial charge in [0, 0.05) is 18.7 Å². The van der Waals surface area contributed by atoms with E-state index >= 15 is 0 Å². The first kappa shape index (κ1) is 13.2. The fraction of sp³-hybridized carbons (Fsp3) is 0.385. The van der Waals surface area contributed by atoms with Gasteiger partial charge in [-0.3, -0.25) is 4.79 Å². The third-order valence-corrected chi connectivity index (χ3v) is 3.80. The largest absolute Gasteiger partial charge is 0.337 e. The quantitative estimate of drug-likeness (QED) is 0.793. The Morgan fingerprint density at radius 3 is 2.83 bits per heavy atom. The molecule has 0 radical (unpaired) electrons. The molecule has 5 heteroatoms. The minimum absolute atomic E-state index is 0.0644. The normalized spacial score (nSPS) is 19.4. The van der Waals surface area contributed by atoms with Crippen molar-refractivity contribution in [3.05, 3.63) is 33.8 Å². The van der Waals surface area contributed by atoms with Crippen molar-refractivity contribution in [2.75, 3.05) is 13.1 Å². The third kappa shape index (κ3) is 2.77. The van der Waals surface area contributed by atoms with Crippen molar-refractivity contribution in [2.45, 2.75) is 12.8 Å². The van der Waals surface area contributed by atoms with E-state index in [-0.39, 0.29) is 11.8 Å². The van der Waals surface area contributed by atoms with Crippen molar-refractivity contribution >= 4 is 29.1 Å². The highest BCUT2D eigenvalue weighted by Crippen LogP contribution is 2.24. The molecule has 94 valence electrons. The second-order valence-electron chi connectivity index (χ2n) is 4.35. The smallest absolute Gasteiger partial charge is 0.253 e. The van der Waals surface area contributed by atoms with Gasteiger partial charge in [0.2, 0.25) is 0 Å². The van der Waals surface area contributed by atoms with Crippen molar-refractivity contribution in [1.82, 2.24) is 4.90 Å². The fourth-order valence-corrected chi connectivity index (χ4v) is 2.38. The van der Waals surface area contributed by atoms with E-state index in [0.29, 0.717) is 28.7 Å². The highest BCUT2D eigenvalue weighted by molar-refractivity contribution is 6.42. The maximum absolute atomic E-state index is 12.2. The van der Waals surface area contributed by atoms with Crippen LogP contribution < -0.4 is 0 Å². The van der Waals surface area contributed by atoms with Crippen LogP contribution in [0.25, 0.3) is 0 Å². The summed E-state index contributed by atoms with van der Waals surface area (Å²) in [6.07, 6.45) is 1.73. The number of rotatable bonds is 1. The molecule has 18 heavy (non-hydrogen) atoms. The standard InChI is InChI=1S/C13H12Cl2N2O/c14-11-4-3-10(6-12(11)15)13(18)17-5-1-2-9(7-16)8-17/h3-4,6,9H,1-2,5,8H2. The zero-order chi connectivity index (χ0) is 13.1. The molecule has 0 aliphatic carbocycles. The average molecular weight is 283 g/mol. The Bertz CT molecular complexity index is 510. The number of hydrogen-bond donors (Lipinski definition) is 0. The van der Waals surface area contributed by atoms with E-state index in [0.717, 1.165) is 12.8 Å². The van der Waals surface area contributed by atoms with Crippen LogP contribution in [0.1, 0.15) is 23.2 Å². The zero-order valence-electron chi connectivity index (χ0n) is 9.70. The lowest BCUT2D eigenvalue weighted by atomic mass is 9.99. The molecule has 0 aromatic heterocycles. The lowest BCUT2D eigenvalue weighted by Crippen LogP contribution is -2.39. The van der Waals surface area contributed by atoms with Crippen LogP contribution in [0.2, 0.25) is 10.0 Å². The Hall–Kier alpha value is -1.24. The number of amides is 1. The number of benzene rings is 1. The molecule has 1 saturated heterocycles. The van der Waals surface area contributed by atoms with E-state index in [1.807, 2.05) is 0 Å². The van der Waals surface area contributed by atoms with Gasteiger partial charge in [-0.25, -0.2) is 0 Å². The predicted molar refractivity (Wildman–Crippen MR) is 70.7 cm³/mol. The summed E-state index contributed by atoms with van der Waals surface area (Å²) in [7, 11) is 0. The summed E-state index contributed by atoms with van der Waals surface area (Å²) >= 11 is 11.7. The predicted octanol–water partition coefficient (Wildman–Crippen LogP) is 3.37. The monoisotopic (exact) mass is 282 g/mol. The van der Waals surface area contributed by atoms with Gasteiger partial charge in [0.15, 0.2) is 0 Å². The molecule has 1 aromatic rings.